The topological polar surface area (TPSA) is 70.6 Å². The van der Waals surface area contributed by atoms with E-state index in [0.29, 0.717) is 27.4 Å². The Morgan fingerprint density at radius 3 is 2.67 bits per heavy atom. The number of carbonyl (C=O) groups is 1. The molecule has 0 saturated heterocycles. The van der Waals surface area contributed by atoms with Gasteiger partial charge in [-0.2, -0.15) is 0 Å². The summed E-state index contributed by atoms with van der Waals surface area (Å²) in [7, 11) is 1.51. The van der Waals surface area contributed by atoms with Crippen molar-refractivity contribution in [1.29, 1.82) is 0 Å². The Labute approximate surface area is 189 Å². The van der Waals surface area contributed by atoms with Gasteiger partial charge in [0.15, 0.2) is 5.11 Å². The number of anilines is 1. The minimum absolute atomic E-state index is 0.0599. The number of thiocarbonyl (C=S) groups is 1. The second-order valence-corrected chi connectivity index (χ2v) is 8.19. The number of aromatic hydroxyl groups is 1. The van der Waals surface area contributed by atoms with Crippen LogP contribution in [0, 0.1) is 0 Å². The van der Waals surface area contributed by atoms with E-state index in [9.17, 15) is 9.90 Å². The molecule has 0 aromatic heterocycles. The molecule has 3 aromatic carbocycles. The molecule has 0 heterocycles. The fourth-order valence-corrected chi connectivity index (χ4v) is 4.11. The van der Waals surface area contributed by atoms with Crippen LogP contribution in [-0.2, 0) is 0 Å². The van der Waals surface area contributed by atoms with Crippen molar-refractivity contribution in [3.63, 3.8) is 0 Å². The maximum atomic E-state index is 12.9. The maximum Gasteiger partial charge on any atom is 0.261 e. The molecule has 0 radical (unpaired) electrons. The van der Waals surface area contributed by atoms with Crippen LogP contribution in [0.4, 0.5) is 5.69 Å². The molecule has 0 unspecified atom stereocenters. The number of fused-ring (bicyclic) bond motifs is 1. The summed E-state index contributed by atoms with van der Waals surface area (Å²) in [5.41, 5.74) is 1.88. The number of benzene rings is 3. The van der Waals surface area contributed by atoms with Crippen molar-refractivity contribution in [1.82, 2.24) is 5.32 Å². The van der Waals surface area contributed by atoms with Crippen molar-refractivity contribution in [2.24, 2.45) is 0 Å². The third-order valence-electron chi connectivity index (χ3n) is 5.07. The van der Waals surface area contributed by atoms with Gasteiger partial charge in [0.05, 0.1) is 22.8 Å². The zero-order valence-electron chi connectivity index (χ0n) is 17.0. The lowest BCUT2D eigenvalue weighted by Crippen LogP contribution is -2.34. The van der Waals surface area contributed by atoms with Crippen molar-refractivity contribution in [3.05, 3.63) is 64.1 Å². The van der Waals surface area contributed by atoms with Gasteiger partial charge in [-0.05, 0) is 75.0 Å². The summed E-state index contributed by atoms with van der Waals surface area (Å²) in [4.78, 5) is 12.9. The number of hydrogen-bond acceptors (Lipinski definition) is 4. The molecule has 0 aliphatic heterocycles. The van der Waals surface area contributed by atoms with Crippen LogP contribution < -0.4 is 15.4 Å². The molecule has 30 heavy (non-hydrogen) atoms. The first-order valence-corrected chi connectivity index (χ1v) is 10.8. The van der Waals surface area contributed by atoms with Crippen LogP contribution in [0.3, 0.4) is 0 Å². The van der Waals surface area contributed by atoms with E-state index in [1.807, 2.05) is 36.4 Å². The zero-order chi connectivity index (χ0) is 21.8. The van der Waals surface area contributed by atoms with Crippen LogP contribution in [-0.4, -0.2) is 23.2 Å². The molecule has 0 saturated carbocycles. The quantitative estimate of drug-likeness (QED) is 0.306. The average Bonchev–Trinajstić information content (AvgIpc) is 2.74. The Kier molecular flexibility index (Phi) is 6.95. The summed E-state index contributed by atoms with van der Waals surface area (Å²) in [6, 6.07) is 14.8. The molecule has 1 amide bonds. The van der Waals surface area contributed by atoms with Crippen LogP contribution >= 0.6 is 28.1 Å². The van der Waals surface area contributed by atoms with Crippen molar-refractivity contribution in [2.75, 3.05) is 12.4 Å². The van der Waals surface area contributed by atoms with Gasteiger partial charge in [-0.25, -0.2) is 0 Å². The second kappa shape index (κ2) is 9.45. The molecule has 0 fully saturated rings. The van der Waals surface area contributed by atoms with Gasteiger partial charge in [0.1, 0.15) is 11.5 Å². The van der Waals surface area contributed by atoms with Crippen molar-refractivity contribution >= 4 is 55.6 Å². The van der Waals surface area contributed by atoms with Crippen LogP contribution in [0.5, 0.6) is 11.5 Å². The first-order valence-electron chi connectivity index (χ1n) is 9.56. The number of phenolic OH excluding ortho intramolecular Hbond substituents is 1. The molecule has 5 nitrogen and oxygen atoms in total. The SMILES string of the molecule is CC[C@@H](C)c1ccc(O)c(NC(=S)NC(=O)c2cc3ccccc3c(Br)c2OC)c1. The third-order valence-corrected chi connectivity index (χ3v) is 6.06. The Balaban J connectivity index is 1.84. The summed E-state index contributed by atoms with van der Waals surface area (Å²) in [5, 5.41) is 17.7. The largest absolute Gasteiger partial charge is 0.506 e. The minimum Gasteiger partial charge on any atom is -0.506 e. The second-order valence-electron chi connectivity index (χ2n) is 6.99. The van der Waals surface area contributed by atoms with Gasteiger partial charge < -0.3 is 15.2 Å². The zero-order valence-corrected chi connectivity index (χ0v) is 19.4. The van der Waals surface area contributed by atoms with E-state index in [1.165, 1.54) is 7.11 Å². The Bertz CT molecular complexity index is 1120. The van der Waals surface area contributed by atoms with Crippen LogP contribution in [0.2, 0.25) is 0 Å². The molecular formula is C23H23BrN2O3S. The number of hydrogen-bond donors (Lipinski definition) is 3. The molecule has 3 aromatic rings. The highest BCUT2D eigenvalue weighted by molar-refractivity contribution is 9.10. The smallest absolute Gasteiger partial charge is 0.261 e. The summed E-state index contributed by atoms with van der Waals surface area (Å²) < 4.78 is 6.17. The van der Waals surface area contributed by atoms with Gasteiger partial charge in [-0.15, -0.1) is 0 Å². The Morgan fingerprint density at radius 2 is 1.97 bits per heavy atom. The third kappa shape index (κ3) is 4.57. The standard InChI is InChI=1S/C23H23BrN2O3S/c1-4-13(2)14-9-10-19(27)18(12-14)25-23(30)26-22(28)17-11-15-7-5-6-8-16(15)20(24)21(17)29-3/h5-13,27H,4H2,1-3H3,(H2,25,26,28,30)/t13-/m1/s1. The number of methoxy groups -OCH3 is 1. The van der Waals surface area contributed by atoms with Gasteiger partial charge in [-0.1, -0.05) is 44.2 Å². The molecule has 0 aliphatic carbocycles. The number of phenols is 1. The minimum atomic E-state index is -0.409. The van der Waals surface area contributed by atoms with E-state index in [-0.39, 0.29) is 10.9 Å². The summed E-state index contributed by atoms with van der Waals surface area (Å²) in [6.45, 7) is 4.21. The normalized spacial score (nSPS) is 11.7. The lowest BCUT2D eigenvalue weighted by atomic mass is 9.98. The molecule has 0 bridgehead atoms. The highest BCUT2D eigenvalue weighted by Crippen LogP contribution is 2.36. The first kappa shape index (κ1) is 22.1. The van der Waals surface area contributed by atoms with E-state index < -0.39 is 5.91 Å². The Morgan fingerprint density at radius 1 is 1.23 bits per heavy atom. The molecular weight excluding hydrogens is 464 g/mol. The van der Waals surface area contributed by atoms with Gasteiger partial charge in [0.25, 0.3) is 5.91 Å². The molecule has 3 N–H and O–H groups in total. The van der Waals surface area contributed by atoms with Crippen molar-refractivity contribution in [2.45, 2.75) is 26.2 Å². The number of rotatable bonds is 5. The summed E-state index contributed by atoms with van der Waals surface area (Å²) in [5.74, 6) is 0.419. The fourth-order valence-electron chi connectivity index (χ4n) is 3.17. The number of carbonyl (C=O) groups excluding carboxylic acids is 1. The van der Waals surface area contributed by atoms with E-state index in [1.54, 1.807) is 12.1 Å². The molecule has 3 rings (SSSR count). The van der Waals surface area contributed by atoms with Gasteiger partial charge in [0.2, 0.25) is 0 Å². The molecule has 156 valence electrons. The van der Waals surface area contributed by atoms with Crippen molar-refractivity contribution in [3.8, 4) is 11.5 Å². The number of amides is 1. The van der Waals surface area contributed by atoms with Gasteiger partial charge in [0, 0.05) is 0 Å². The lowest BCUT2D eigenvalue weighted by Gasteiger charge is -2.16. The fraction of sp³-hybridized carbons (Fsp3) is 0.217. The van der Waals surface area contributed by atoms with Crippen LogP contribution in [0.1, 0.15) is 42.1 Å². The summed E-state index contributed by atoms with van der Waals surface area (Å²) >= 11 is 8.84. The van der Waals surface area contributed by atoms with Crippen LogP contribution in [0.25, 0.3) is 10.8 Å². The van der Waals surface area contributed by atoms with E-state index in [2.05, 4.69) is 40.4 Å². The predicted octanol–water partition coefficient (Wildman–Crippen LogP) is 5.96. The van der Waals surface area contributed by atoms with Gasteiger partial charge in [-0.3, -0.25) is 10.1 Å². The molecule has 0 aliphatic rings. The number of nitrogens with one attached hydrogen (secondary N) is 2. The number of ether oxygens (including phenoxy) is 1. The summed E-state index contributed by atoms with van der Waals surface area (Å²) in [6.07, 6.45) is 0.974. The highest BCUT2D eigenvalue weighted by Gasteiger charge is 2.19. The van der Waals surface area contributed by atoms with Gasteiger partial charge >= 0.3 is 0 Å². The first-order chi connectivity index (χ1) is 14.3. The maximum absolute atomic E-state index is 12.9. The van der Waals surface area contributed by atoms with Crippen LogP contribution in [0.15, 0.2) is 53.0 Å². The lowest BCUT2D eigenvalue weighted by molar-refractivity contribution is 0.0975. The highest BCUT2D eigenvalue weighted by atomic mass is 79.9. The predicted molar refractivity (Wildman–Crippen MR) is 129 cm³/mol. The number of halogens is 1. The molecule has 0 spiro atoms. The van der Waals surface area contributed by atoms with E-state index in [0.717, 1.165) is 22.8 Å². The van der Waals surface area contributed by atoms with E-state index >= 15 is 0 Å². The van der Waals surface area contributed by atoms with E-state index in [4.69, 9.17) is 17.0 Å². The van der Waals surface area contributed by atoms with Crippen molar-refractivity contribution < 1.29 is 14.6 Å². The average molecular weight is 487 g/mol. The molecule has 1 atom stereocenters. The monoisotopic (exact) mass is 486 g/mol. The molecule has 7 heteroatoms. The Hall–Kier alpha value is -2.64.